The van der Waals surface area contributed by atoms with Gasteiger partial charge in [0.05, 0.1) is 39.6 Å². The summed E-state index contributed by atoms with van der Waals surface area (Å²) < 4.78 is 1.61. The first kappa shape index (κ1) is 24.7. The molecule has 5 heterocycles. The second kappa shape index (κ2) is 9.68. The van der Waals surface area contributed by atoms with Gasteiger partial charge in [-0.25, -0.2) is 9.97 Å². The van der Waals surface area contributed by atoms with Gasteiger partial charge in [-0.2, -0.15) is 5.10 Å². The predicted molar refractivity (Wildman–Crippen MR) is 160 cm³/mol. The van der Waals surface area contributed by atoms with Gasteiger partial charge < -0.3 is 10.3 Å². The number of halogens is 1. The van der Waals surface area contributed by atoms with Crippen molar-refractivity contribution in [2.45, 2.75) is 13.0 Å². The Balaban J connectivity index is 1.48. The number of aromatic amines is 2. The highest BCUT2D eigenvalue weighted by Crippen LogP contribution is 2.36. The predicted octanol–water partition coefficient (Wildman–Crippen LogP) is 5.39. The fourth-order valence-electron chi connectivity index (χ4n) is 5.23. The third-order valence-electron chi connectivity index (χ3n) is 7.11. The molecule has 0 saturated heterocycles. The van der Waals surface area contributed by atoms with E-state index in [2.05, 4.69) is 35.5 Å². The molecule has 200 valence electrons. The molecule has 0 radical (unpaired) electrons. The minimum absolute atomic E-state index is 0.231. The molecule has 0 unspecified atom stereocenters. The first-order valence-corrected chi connectivity index (χ1v) is 13.2. The molecule has 0 aliphatic heterocycles. The number of H-pyrrole nitrogens is 2. The zero-order chi connectivity index (χ0) is 28.1. The van der Waals surface area contributed by atoms with Crippen molar-refractivity contribution in [2.24, 2.45) is 0 Å². The van der Waals surface area contributed by atoms with Crippen molar-refractivity contribution >= 4 is 50.1 Å². The first-order chi connectivity index (χ1) is 20.0. The smallest absolute Gasteiger partial charge is 0.264 e. The maximum absolute atomic E-state index is 14.5. The van der Waals surface area contributed by atoms with Gasteiger partial charge in [-0.3, -0.25) is 24.2 Å². The fourth-order valence-corrected chi connectivity index (χ4v) is 5.63. The average molecular weight is 561 g/mol. The Hall–Kier alpha value is -5.35. The van der Waals surface area contributed by atoms with Gasteiger partial charge in [-0.05, 0) is 25.1 Å². The summed E-state index contributed by atoms with van der Waals surface area (Å²) in [4.78, 5) is 43.3. The maximum atomic E-state index is 14.5. The van der Waals surface area contributed by atoms with Crippen LogP contribution in [0.5, 0.6) is 0 Å². The van der Waals surface area contributed by atoms with E-state index in [-0.39, 0.29) is 11.0 Å². The van der Waals surface area contributed by atoms with Crippen LogP contribution in [0.1, 0.15) is 18.7 Å². The van der Waals surface area contributed by atoms with Crippen LogP contribution in [-0.2, 0) is 0 Å². The number of pyridine rings is 3. The van der Waals surface area contributed by atoms with E-state index in [1.54, 1.807) is 17.0 Å². The third kappa shape index (κ3) is 4.04. The van der Waals surface area contributed by atoms with Gasteiger partial charge in [-0.1, -0.05) is 48.0 Å². The lowest BCUT2D eigenvalue weighted by Crippen LogP contribution is -2.27. The molecule has 3 N–H and O–H groups in total. The quantitative estimate of drug-likeness (QED) is 0.257. The minimum atomic E-state index is -0.541. The number of anilines is 1. The van der Waals surface area contributed by atoms with Gasteiger partial charge >= 0.3 is 0 Å². The summed E-state index contributed by atoms with van der Waals surface area (Å²) in [5.74, 6) is 0.332. The van der Waals surface area contributed by atoms with Crippen molar-refractivity contribution in [1.29, 1.82) is 0 Å². The third-order valence-corrected chi connectivity index (χ3v) is 7.51. The second-order valence-electron chi connectivity index (χ2n) is 9.58. The number of hydrogen-bond donors (Lipinski definition) is 3. The standard InChI is InChI=1S/C30H21ClN8O2/c1-16(37-29-25-23(40)10-11-32-28(25)34-15-35-29)27-26(31)20-9-5-8-19(22-12-21-17(13-33-22)14-36-38-21)24(20)30(41)39(27)18-6-3-2-4-7-18/h2-16H,1H3,(H,36,38)(H2,32,34,35,37,40)/t16-/m0/s1. The monoisotopic (exact) mass is 560 g/mol. The molecule has 5 aromatic heterocycles. The number of aromatic nitrogens is 7. The van der Waals surface area contributed by atoms with E-state index in [1.165, 1.54) is 18.6 Å². The van der Waals surface area contributed by atoms with Crippen LogP contribution in [0.3, 0.4) is 0 Å². The Kier molecular flexibility index (Phi) is 5.83. The Labute approximate surface area is 236 Å². The highest BCUT2D eigenvalue weighted by molar-refractivity contribution is 6.36. The lowest BCUT2D eigenvalue weighted by atomic mass is 10.00. The lowest BCUT2D eigenvalue weighted by molar-refractivity contribution is 0.774. The van der Waals surface area contributed by atoms with Crippen LogP contribution in [0, 0.1) is 0 Å². The number of para-hydroxylation sites is 1. The Morgan fingerprint density at radius 2 is 1.80 bits per heavy atom. The van der Waals surface area contributed by atoms with E-state index in [0.717, 1.165) is 10.9 Å². The van der Waals surface area contributed by atoms with Crippen LogP contribution < -0.4 is 16.3 Å². The summed E-state index contributed by atoms with van der Waals surface area (Å²) >= 11 is 7.18. The van der Waals surface area contributed by atoms with Crippen LogP contribution >= 0.6 is 11.6 Å². The Bertz CT molecular complexity index is 2220. The summed E-state index contributed by atoms with van der Waals surface area (Å²) in [5, 5.41) is 13.0. The van der Waals surface area contributed by atoms with Crippen molar-refractivity contribution in [1.82, 2.24) is 34.7 Å². The molecule has 2 aromatic carbocycles. The number of nitrogens with one attached hydrogen (secondary N) is 3. The number of hydrogen-bond acceptors (Lipinski definition) is 7. The largest absolute Gasteiger partial charge is 0.361 e. The zero-order valence-corrected chi connectivity index (χ0v) is 22.3. The average Bonchev–Trinajstić information content (AvgIpc) is 3.47. The van der Waals surface area contributed by atoms with Gasteiger partial charge in [-0.15, -0.1) is 0 Å². The molecule has 0 spiro atoms. The SMILES string of the molecule is C[C@H](Nc1ncnc2[nH]ccc(=O)c12)c1c(Cl)c2cccc(-c3cc4[nH]ncc4cn3)c2c(=O)n1-c1ccccc1. The van der Waals surface area contributed by atoms with Gasteiger partial charge in [0.1, 0.15) is 23.2 Å². The molecule has 0 fully saturated rings. The molecular weight excluding hydrogens is 540 g/mol. The highest BCUT2D eigenvalue weighted by atomic mass is 35.5. The first-order valence-electron chi connectivity index (χ1n) is 12.8. The summed E-state index contributed by atoms with van der Waals surface area (Å²) in [6.07, 6.45) is 6.33. The number of fused-ring (bicyclic) bond motifs is 3. The van der Waals surface area contributed by atoms with Crippen LogP contribution in [0.15, 0.2) is 95.2 Å². The Morgan fingerprint density at radius 3 is 2.66 bits per heavy atom. The Morgan fingerprint density at radius 1 is 0.951 bits per heavy atom. The molecule has 0 bridgehead atoms. The van der Waals surface area contributed by atoms with Crippen LogP contribution in [0.4, 0.5) is 5.82 Å². The van der Waals surface area contributed by atoms with Crippen molar-refractivity contribution in [3.05, 3.63) is 117 Å². The molecule has 41 heavy (non-hydrogen) atoms. The maximum Gasteiger partial charge on any atom is 0.264 e. The number of rotatable bonds is 5. The molecule has 11 heteroatoms. The van der Waals surface area contributed by atoms with Crippen molar-refractivity contribution in [3.63, 3.8) is 0 Å². The van der Waals surface area contributed by atoms with E-state index < -0.39 is 6.04 Å². The minimum Gasteiger partial charge on any atom is -0.361 e. The molecule has 0 saturated carbocycles. The zero-order valence-electron chi connectivity index (χ0n) is 21.6. The van der Waals surface area contributed by atoms with Crippen molar-refractivity contribution in [3.8, 4) is 16.9 Å². The van der Waals surface area contributed by atoms with Crippen LogP contribution in [-0.4, -0.2) is 34.7 Å². The highest BCUT2D eigenvalue weighted by Gasteiger charge is 2.24. The van der Waals surface area contributed by atoms with Crippen LogP contribution in [0.2, 0.25) is 5.02 Å². The summed E-state index contributed by atoms with van der Waals surface area (Å²) in [6.45, 7) is 1.87. The number of benzene rings is 2. The van der Waals surface area contributed by atoms with E-state index >= 15 is 0 Å². The van der Waals surface area contributed by atoms with E-state index in [1.807, 2.05) is 61.5 Å². The number of nitrogens with zero attached hydrogens (tertiary/aromatic N) is 5. The van der Waals surface area contributed by atoms with E-state index in [0.29, 0.717) is 55.3 Å². The van der Waals surface area contributed by atoms with Gasteiger partial charge in [0.15, 0.2) is 5.43 Å². The molecule has 7 aromatic rings. The molecule has 0 aliphatic carbocycles. The van der Waals surface area contributed by atoms with Crippen LogP contribution in [0.25, 0.3) is 49.7 Å². The lowest BCUT2D eigenvalue weighted by Gasteiger charge is -2.24. The molecule has 10 nitrogen and oxygen atoms in total. The van der Waals surface area contributed by atoms with Crippen molar-refractivity contribution < 1.29 is 0 Å². The van der Waals surface area contributed by atoms with E-state index in [4.69, 9.17) is 11.6 Å². The fraction of sp³-hybridized carbons (Fsp3) is 0.0667. The van der Waals surface area contributed by atoms with Gasteiger partial charge in [0.2, 0.25) is 0 Å². The van der Waals surface area contributed by atoms with E-state index in [9.17, 15) is 9.59 Å². The molecule has 0 amide bonds. The van der Waals surface area contributed by atoms with Gasteiger partial charge in [0.25, 0.3) is 5.56 Å². The topological polar surface area (TPSA) is 134 Å². The molecule has 0 aliphatic rings. The van der Waals surface area contributed by atoms with Gasteiger partial charge in [0, 0.05) is 40.5 Å². The molecule has 7 rings (SSSR count). The summed E-state index contributed by atoms with van der Waals surface area (Å²) in [6, 6.07) is 17.6. The normalized spacial score (nSPS) is 12.2. The summed E-state index contributed by atoms with van der Waals surface area (Å²) in [7, 11) is 0. The van der Waals surface area contributed by atoms with Crippen molar-refractivity contribution in [2.75, 3.05) is 5.32 Å². The molecular formula is C30H21ClN8O2. The second-order valence-corrected chi connectivity index (χ2v) is 9.96. The summed E-state index contributed by atoms with van der Waals surface area (Å²) in [5.41, 5.74) is 3.14. The molecule has 1 atom stereocenters.